The van der Waals surface area contributed by atoms with Crippen molar-refractivity contribution in [3.8, 4) is 5.75 Å². The van der Waals surface area contributed by atoms with Crippen LogP contribution in [0.4, 0.5) is 0 Å². The molecule has 1 aliphatic rings. The van der Waals surface area contributed by atoms with Gasteiger partial charge in [0.15, 0.2) is 0 Å². The Morgan fingerprint density at radius 1 is 1.30 bits per heavy atom. The normalized spacial score (nSPS) is 20.4. The first kappa shape index (κ1) is 19.7. The molecule has 1 aromatic carbocycles. The third kappa shape index (κ3) is 4.62. The second-order valence-corrected chi connectivity index (χ2v) is 7.78. The molecule has 1 unspecified atom stereocenters. The van der Waals surface area contributed by atoms with Crippen molar-refractivity contribution < 1.29 is 14.6 Å². The fourth-order valence-corrected chi connectivity index (χ4v) is 3.53. The Kier molecular flexibility index (Phi) is 5.77. The summed E-state index contributed by atoms with van der Waals surface area (Å²) in [7, 11) is 1.79. The summed E-state index contributed by atoms with van der Waals surface area (Å²) in [6, 6.07) is 5.48. The van der Waals surface area contributed by atoms with E-state index in [2.05, 4.69) is 5.10 Å². The molecule has 1 saturated heterocycles. The van der Waals surface area contributed by atoms with E-state index in [9.17, 15) is 9.90 Å². The number of aromatic nitrogens is 2. The standard InChI is InChI=1S/C20H26ClN3O3/c1-14-11-16(12-15(2)18(14)21)27-13-20(26)6-4-8-24(10-7-20)19(25)17-5-9-23(3)22-17/h5,9,11-12,26H,4,6-8,10,13H2,1-3H3. The minimum absolute atomic E-state index is 0.0929. The topological polar surface area (TPSA) is 67.6 Å². The number of halogens is 1. The maximum absolute atomic E-state index is 12.6. The number of aryl methyl sites for hydroxylation is 3. The van der Waals surface area contributed by atoms with E-state index in [1.807, 2.05) is 26.0 Å². The first-order valence-electron chi connectivity index (χ1n) is 9.18. The van der Waals surface area contributed by atoms with Crippen molar-refractivity contribution in [2.75, 3.05) is 19.7 Å². The first-order chi connectivity index (χ1) is 12.8. The zero-order chi connectivity index (χ0) is 19.6. The highest BCUT2D eigenvalue weighted by Gasteiger charge is 2.33. The molecule has 1 atom stereocenters. The molecule has 1 aliphatic heterocycles. The minimum Gasteiger partial charge on any atom is -0.491 e. The SMILES string of the molecule is Cc1cc(OCC2(O)CCCN(C(=O)c3ccn(C)n3)CC2)cc(C)c1Cl. The molecule has 1 N–H and O–H groups in total. The van der Waals surface area contributed by atoms with Crippen LogP contribution in [0.25, 0.3) is 0 Å². The number of likely N-dealkylation sites (tertiary alicyclic amines) is 1. The summed E-state index contributed by atoms with van der Waals surface area (Å²) in [6.07, 6.45) is 3.53. The Bertz CT molecular complexity index is 813. The molecule has 6 nitrogen and oxygen atoms in total. The molecule has 0 spiro atoms. The predicted octanol–water partition coefficient (Wildman–Crippen LogP) is 3.13. The summed E-state index contributed by atoms with van der Waals surface area (Å²) in [6.45, 7) is 5.15. The van der Waals surface area contributed by atoms with Gasteiger partial charge in [-0.15, -0.1) is 0 Å². The minimum atomic E-state index is -0.958. The number of ether oxygens (including phenoxy) is 1. The fourth-order valence-electron chi connectivity index (χ4n) is 3.42. The van der Waals surface area contributed by atoms with Gasteiger partial charge < -0.3 is 14.7 Å². The van der Waals surface area contributed by atoms with Crippen LogP contribution < -0.4 is 4.74 Å². The van der Waals surface area contributed by atoms with Crippen molar-refractivity contribution in [1.82, 2.24) is 14.7 Å². The molecule has 0 aliphatic carbocycles. The fraction of sp³-hybridized carbons (Fsp3) is 0.500. The highest BCUT2D eigenvalue weighted by Crippen LogP contribution is 2.28. The van der Waals surface area contributed by atoms with Gasteiger partial charge in [0.2, 0.25) is 0 Å². The smallest absolute Gasteiger partial charge is 0.274 e. The molecule has 1 fully saturated rings. The van der Waals surface area contributed by atoms with Crippen LogP contribution >= 0.6 is 11.6 Å². The Balaban J connectivity index is 1.61. The van der Waals surface area contributed by atoms with Gasteiger partial charge in [-0.3, -0.25) is 9.48 Å². The van der Waals surface area contributed by atoms with Gasteiger partial charge in [-0.2, -0.15) is 5.10 Å². The van der Waals surface area contributed by atoms with Crippen LogP contribution in [0, 0.1) is 13.8 Å². The summed E-state index contributed by atoms with van der Waals surface area (Å²) in [4.78, 5) is 14.3. The van der Waals surface area contributed by atoms with Crippen molar-refractivity contribution in [2.45, 2.75) is 38.7 Å². The lowest BCUT2D eigenvalue weighted by Gasteiger charge is -2.27. The van der Waals surface area contributed by atoms with Crippen LogP contribution in [0.2, 0.25) is 5.02 Å². The molecule has 0 bridgehead atoms. The Morgan fingerprint density at radius 2 is 2.00 bits per heavy atom. The number of hydrogen-bond acceptors (Lipinski definition) is 4. The second-order valence-electron chi connectivity index (χ2n) is 7.40. The van der Waals surface area contributed by atoms with Crippen LogP contribution in [-0.4, -0.2) is 51.0 Å². The molecular weight excluding hydrogens is 366 g/mol. The Hall–Kier alpha value is -2.05. The summed E-state index contributed by atoms with van der Waals surface area (Å²) in [5.41, 5.74) is 1.38. The summed E-state index contributed by atoms with van der Waals surface area (Å²) >= 11 is 6.20. The molecule has 7 heteroatoms. The van der Waals surface area contributed by atoms with Crippen molar-refractivity contribution in [1.29, 1.82) is 0 Å². The van der Waals surface area contributed by atoms with Gasteiger partial charge in [0.05, 0.1) is 0 Å². The highest BCUT2D eigenvalue weighted by molar-refractivity contribution is 6.32. The molecule has 1 aromatic heterocycles. The lowest BCUT2D eigenvalue weighted by molar-refractivity contribution is -0.0163. The van der Waals surface area contributed by atoms with Crippen molar-refractivity contribution >= 4 is 17.5 Å². The van der Waals surface area contributed by atoms with Gasteiger partial charge in [0.25, 0.3) is 5.91 Å². The number of carbonyl (C=O) groups is 1. The number of carbonyl (C=O) groups excluding carboxylic acids is 1. The number of benzene rings is 1. The number of hydrogen-bond donors (Lipinski definition) is 1. The van der Waals surface area contributed by atoms with E-state index < -0.39 is 5.60 Å². The van der Waals surface area contributed by atoms with E-state index in [0.29, 0.717) is 37.4 Å². The quantitative estimate of drug-likeness (QED) is 0.869. The molecule has 2 aromatic rings. The summed E-state index contributed by atoms with van der Waals surface area (Å²) < 4.78 is 7.49. The van der Waals surface area contributed by atoms with Gasteiger partial charge >= 0.3 is 0 Å². The van der Waals surface area contributed by atoms with Crippen LogP contribution in [0.15, 0.2) is 24.4 Å². The zero-order valence-corrected chi connectivity index (χ0v) is 16.8. The monoisotopic (exact) mass is 391 g/mol. The largest absolute Gasteiger partial charge is 0.491 e. The Morgan fingerprint density at radius 3 is 2.63 bits per heavy atom. The molecule has 146 valence electrons. The van der Waals surface area contributed by atoms with E-state index in [1.54, 1.807) is 28.9 Å². The lowest BCUT2D eigenvalue weighted by Crippen LogP contribution is -2.38. The Labute approximate surface area is 164 Å². The van der Waals surface area contributed by atoms with Crippen molar-refractivity contribution in [3.05, 3.63) is 46.2 Å². The summed E-state index contributed by atoms with van der Waals surface area (Å²) in [5, 5.41) is 15.9. The van der Waals surface area contributed by atoms with Crippen LogP contribution in [0.1, 0.15) is 40.9 Å². The lowest BCUT2D eigenvalue weighted by atomic mass is 9.96. The molecule has 1 amide bonds. The van der Waals surface area contributed by atoms with E-state index in [-0.39, 0.29) is 12.5 Å². The van der Waals surface area contributed by atoms with Crippen LogP contribution in [-0.2, 0) is 7.05 Å². The molecule has 0 saturated carbocycles. The van der Waals surface area contributed by atoms with E-state index in [4.69, 9.17) is 16.3 Å². The van der Waals surface area contributed by atoms with Gasteiger partial charge in [-0.05, 0) is 62.4 Å². The van der Waals surface area contributed by atoms with Crippen molar-refractivity contribution in [3.63, 3.8) is 0 Å². The molecule has 3 rings (SSSR count). The number of nitrogens with zero attached hydrogens (tertiary/aromatic N) is 3. The third-order valence-corrected chi connectivity index (χ3v) is 5.65. The number of aliphatic hydroxyl groups is 1. The van der Waals surface area contributed by atoms with E-state index in [0.717, 1.165) is 22.6 Å². The van der Waals surface area contributed by atoms with Crippen molar-refractivity contribution in [2.24, 2.45) is 7.05 Å². The highest BCUT2D eigenvalue weighted by atomic mass is 35.5. The average Bonchev–Trinajstić information content (AvgIpc) is 2.96. The predicted molar refractivity (Wildman–Crippen MR) is 104 cm³/mol. The second kappa shape index (κ2) is 7.90. The molecule has 27 heavy (non-hydrogen) atoms. The number of amides is 1. The van der Waals surface area contributed by atoms with Crippen LogP contribution in [0.3, 0.4) is 0 Å². The van der Waals surface area contributed by atoms with Gasteiger partial charge in [-0.1, -0.05) is 11.6 Å². The molecule has 2 heterocycles. The molecule has 0 radical (unpaired) electrons. The molecular formula is C20H26ClN3O3. The van der Waals surface area contributed by atoms with Gasteiger partial charge in [-0.25, -0.2) is 0 Å². The zero-order valence-electron chi connectivity index (χ0n) is 16.0. The van der Waals surface area contributed by atoms with Crippen LogP contribution in [0.5, 0.6) is 5.75 Å². The van der Waals surface area contributed by atoms with Gasteiger partial charge in [0.1, 0.15) is 23.7 Å². The van der Waals surface area contributed by atoms with Gasteiger partial charge in [0, 0.05) is 31.4 Å². The maximum atomic E-state index is 12.6. The summed E-state index contributed by atoms with van der Waals surface area (Å²) in [5.74, 6) is 0.609. The first-order valence-corrected chi connectivity index (χ1v) is 9.56. The third-order valence-electron chi connectivity index (χ3n) is 5.05. The maximum Gasteiger partial charge on any atom is 0.274 e. The number of rotatable bonds is 4. The average molecular weight is 392 g/mol. The van der Waals surface area contributed by atoms with E-state index in [1.165, 1.54) is 0 Å². The van der Waals surface area contributed by atoms with E-state index >= 15 is 0 Å².